The lowest BCUT2D eigenvalue weighted by atomic mass is 10.0. The summed E-state index contributed by atoms with van der Waals surface area (Å²) in [5.41, 5.74) is 1.40. The first-order chi connectivity index (χ1) is 13.5. The lowest BCUT2D eigenvalue weighted by molar-refractivity contribution is 0.308. The number of benzene rings is 2. The van der Waals surface area contributed by atoms with Crippen LogP contribution < -0.4 is 10.9 Å². The zero-order valence-corrected chi connectivity index (χ0v) is 16.8. The molecule has 4 rings (SSSR count). The Balaban J connectivity index is 1.67. The van der Waals surface area contributed by atoms with Gasteiger partial charge in [0.2, 0.25) is 0 Å². The van der Waals surface area contributed by atoms with Crippen LogP contribution in [0.25, 0.3) is 10.8 Å². The number of aromatic amines is 1. The summed E-state index contributed by atoms with van der Waals surface area (Å²) in [6.07, 6.45) is 1.72. The lowest BCUT2D eigenvalue weighted by Gasteiger charge is -2.31. The van der Waals surface area contributed by atoms with Crippen LogP contribution in [-0.4, -0.2) is 51.9 Å². The zero-order valence-electron chi connectivity index (χ0n) is 15.9. The van der Waals surface area contributed by atoms with Crippen LogP contribution in [0.5, 0.6) is 0 Å². The standard InChI is InChI=1S/C21H23FN3O2P/c1-2-25-9-11-28(27,12-10-25)20-14-15(7-8-18(20)22)13-19-16-5-3-4-6-17(16)21(26)24-23-19/h3-8,14,27H,2,9-13H2,1H3/p+1. The van der Waals surface area contributed by atoms with E-state index in [2.05, 4.69) is 22.0 Å². The molecule has 5 nitrogen and oxygen atoms in total. The fourth-order valence-electron chi connectivity index (χ4n) is 3.88. The van der Waals surface area contributed by atoms with Gasteiger partial charge in [-0.05, 0) is 30.3 Å². The van der Waals surface area contributed by atoms with Gasteiger partial charge in [0.1, 0.15) is 12.3 Å². The Morgan fingerprint density at radius 2 is 1.89 bits per heavy atom. The Morgan fingerprint density at radius 3 is 2.61 bits per heavy atom. The van der Waals surface area contributed by atoms with E-state index in [1.165, 1.54) is 6.07 Å². The number of hydrogen-bond donors (Lipinski definition) is 2. The molecular weight excluding hydrogens is 376 g/mol. The van der Waals surface area contributed by atoms with E-state index in [1.54, 1.807) is 18.2 Å². The highest BCUT2D eigenvalue weighted by Crippen LogP contribution is 2.55. The lowest BCUT2D eigenvalue weighted by Crippen LogP contribution is -2.39. The number of nitrogens with one attached hydrogen (secondary N) is 1. The van der Waals surface area contributed by atoms with Crippen molar-refractivity contribution in [3.63, 3.8) is 0 Å². The second-order valence-corrected chi connectivity index (χ2v) is 10.5. The second-order valence-electron chi connectivity index (χ2n) is 7.31. The molecule has 1 saturated heterocycles. The number of aromatic nitrogens is 2. The van der Waals surface area contributed by atoms with Crippen LogP contribution in [0.3, 0.4) is 0 Å². The van der Waals surface area contributed by atoms with Gasteiger partial charge in [-0.25, -0.2) is 14.4 Å². The molecule has 1 aliphatic heterocycles. The molecule has 7 heteroatoms. The van der Waals surface area contributed by atoms with E-state index in [9.17, 15) is 14.1 Å². The zero-order chi connectivity index (χ0) is 19.7. The van der Waals surface area contributed by atoms with E-state index in [4.69, 9.17) is 0 Å². The molecular formula is C21H24FN3O2P+. The highest BCUT2D eigenvalue weighted by molar-refractivity contribution is 7.77. The molecule has 2 N–H and O–H groups in total. The number of H-pyrrole nitrogens is 1. The van der Waals surface area contributed by atoms with Crippen LogP contribution in [0.15, 0.2) is 47.3 Å². The van der Waals surface area contributed by atoms with Gasteiger partial charge in [0, 0.05) is 24.9 Å². The summed E-state index contributed by atoms with van der Waals surface area (Å²) in [6, 6.07) is 12.3. The molecule has 0 unspecified atom stereocenters. The maximum Gasteiger partial charge on any atom is 0.272 e. The fourth-order valence-corrected chi connectivity index (χ4v) is 6.69. The monoisotopic (exact) mass is 400 g/mol. The van der Waals surface area contributed by atoms with Crippen molar-refractivity contribution in [3.05, 3.63) is 69.9 Å². The van der Waals surface area contributed by atoms with E-state index in [-0.39, 0.29) is 11.4 Å². The quantitative estimate of drug-likeness (QED) is 0.661. The third-order valence-electron chi connectivity index (χ3n) is 5.63. The van der Waals surface area contributed by atoms with Gasteiger partial charge < -0.3 is 0 Å². The molecule has 0 radical (unpaired) electrons. The van der Waals surface area contributed by atoms with Gasteiger partial charge in [0.25, 0.3) is 5.56 Å². The van der Waals surface area contributed by atoms with Crippen molar-refractivity contribution in [3.8, 4) is 0 Å². The van der Waals surface area contributed by atoms with Crippen LogP contribution in [-0.2, 0) is 6.42 Å². The Bertz CT molecular complexity index is 1060. The predicted octanol–water partition coefficient (Wildman–Crippen LogP) is 2.54. The van der Waals surface area contributed by atoms with Gasteiger partial charge in [0.15, 0.2) is 18.6 Å². The van der Waals surface area contributed by atoms with E-state index in [0.717, 1.165) is 36.3 Å². The Hall–Kier alpha value is -2.14. The first-order valence-corrected chi connectivity index (χ1v) is 11.7. The number of hydrogen-bond acceptors (Lipinski definition) is 4. The highest BCUT2D eigenvalue weighted by atomic mass is 31.2. The smallest absolute Gasteiger partial charge is 0.272 e. The molecule has 3 aromatic rings. The molecule has 2 heterocycles. The molecule has 2 aromatic carbocycles. The Labute approximate surface area is 163 Å². The van der Waals surface area contributed by atoms with E-state index < -0.39 is 7.49 Å². The molecule has 0 aliphatic carbocycles. The minimum atomic E-state index is -2.49. The van der Waals surface area contributed by atoms with Gasteiger partial charge in [-0.1, -0.05) is 31.2 Å². The van der Waals surface area contributed by atoms with E-state index in [0.29, 0.717) is 29.4 Å². The highest BCUT2D eigenvalue weighted by Gasteiger charge is 2.44. The average molecular weight is 400 g/mol. The fraction of sp³-hybridized carbons (Fsp3) is 0.333. The minimum Gasteiger partial charge on any atom is -0.296 e. The topological polar surface area (TPSA) is 69.2 Å². The Kier molecular flexibility index (Phi) is 5.28. The van der Waals surface area contributed by atoms with Crippen molar-refractivity contribution >= 4 is 23.6 Å². The van der Waals surface area contributed by atoms with Gasteiger partial charge in [-0.2, -0.15) is 5.10 Å². The number of rotatable bonds is 4. The van der Waals surface area contributed by atoms with Crippen LogP contribution in [0.1, 0.15) is 18.2 Å². The van der Waals surface area contributed by atoms with Gasteiger partial charge in [-0.15, -0.1) is 0 Å². The summed E-state index contributed by atoms with van der Waals surface area (Å²) in [6.45, 7) is 4.66. The number of nitrogens with zero attached hydrogens (tertiary/aromatic N) is 2. The average Bonchev–Trinajstić information content (AvgIpc) is 2.72. The van der Waals surface area contributed by atoms with Crippen molar-refractivity contribution in [2.24, 2.45) is 0 Å². The van der Waals surface area contributed by atoms with Gasteiger partial charge in [-0.3, -0.25) is 9.69 Å². The first-order valence-electron chi connectivity index (χ1n) is 9.57. The van der Waals surface area contributed by atoms with Crippen LogP contribution in [0, 0.1) is 5.82 Å². The molecule has 0 saturated carbocycles. The first kappa shape index (κ1) is 19.2. The maximum absolute atomic E-state index is 14.6. The van der Waals surface area contributed by atoms with Crippen molar-refractivity contribution in [2.75, 3.05) is 32.0 Å². The van der Waals surface area contributed by atoms with Crippen LogP contribution >= 0.6 is 7.49 Å². The Morgan fingerprint density at radius 1 is 1.18 bits per heavy atom. The predicted molar refractivity (Wildman–Crippen MR) is 112 cm³/mol. The molecule has 0 atom stereocenters. The van der Waals surface area contributed by atoms with Crippen molar-refractivity contribution in [1.29, 1.82) is 0 Å². The van der Waals surface area contributed by atoms with Crippen LogP contribution in [0.4, 0.5) is 4.39 Å². The molecule has 146 valence electrons. The summed E-state index contributed by atoms with van der Waals surface area (Å²) >= 11 is 0. The normalized spacial score (nSPS) is 17.1. The van der Waals surface area contributed by atoms with Crippen molar-refractivity contribution < 1.29 is 9.28 Å². The summed E-state index contributed by atoms with van der Waals surface area (Å²) in [5.74, 6) is -0.330. The molecule has 0 spiro atoms. The summed E-state index contributed by atoms with van der Waals surface area (Å²) in [4.78, 5) is 25.5. The van der Waals surface area contributed by atoms with Gasteiger partial charge in [0.05, 0.1) is 11.1 Å². The largest absolute Gasteiger partial charge is 0.296 e. The van der Waals surface area contributed by atoms with Crippen molar-refractivity contribution in [1.82, 2.24) is 15.1 Å². The molecule has 0 amide bonds. The number of fused-ring (bicyclic) bond motifs is 1. The summed E-state index contributed by atoms with van der Waals surface area (Å²) < 4.78 is 14.6. The molecule has 0 bridgehead atoms. The van der Waals surface area contributed by atoms with E-state index in [1.807, 2.05) is 18.2 Å². The van der Waals surface area contributed by atoms with E-state index >= 15 is 0 Å². The number of halogens is 1. The van der Waals surface area contributed by atoms with Crippen molar-refractivity contribution in [2.45, 2.75) is 13.3 Å². The molecule has 28 heavy (non-hydrogen) atoms. The maximum atomic E-state index is 14.6. The molecule has 1 fully saturated rings. The second kappa shape index (κ2) is 7.70. The minimum absolute atomic E-state index is 0.220. The molecule has 1 aliphatic rings. The third-order valence-corrected chi connectivity index (χ3v) is 8.74. The van der Waals surface area contributed by atoms with Crippen LogP contribution in [0.2, 0.25) is 0 Å². The molecule has 1 aromatic heterocycles. The third kappa shape index (κ3) is 3.60. The summed E-state index contributed by atoms with van der Waals surface area (Å²) in [7, 11) is -2.49. The van der Waals surface area contributed by atoms with Gasteiger partial charge >= 0.3 is 0 Å². The summed E-state index contributed by atoms with van der Waals surface area (Å²) in [5, 5.41) is 8.61. The SMILES string of the molecule is CCN1CC[P+](O)(c2cc(Cc3n[nH]c(=O)c4ccccc34)ccc2F)CC1.